The van der Waals surface area contributed by atoms with Gasteiger partial charge < -0.3 is 11.1 Å². The van der Waals surface area contributed by atoms with Crippen LogP contribution in [0.3, 0.4) is 0 Å². The van der Waals surface area contributed by atoms with Gasteiger partial charge in [0, 0.05) is 0 Å². The van der Waals surface area contributed by atoms with Gasteiger partial charge >= 0.3 is 11.8 Å². The van der Waals surface area contributed by atoms with Crippen molar-refractivity contribution in [3.63, 3.8) is 0 Å². The Kier molecular flexibility index (Phi) is 1.31. The predicted molar refractivity (Wildman–Crippen MR) is 41.2 cm³/mol. The third-order valence-corrected chi connectivity index (χ3v) is 1.76. The lowest BCUT2D eigenvalue weighted by Gasteiger charge is -2.05. The van der Waals surface area contributed by atoms with Crippen LogP contribution in [0, 0.1) is 0 Å². The van der Waals surface area contributed by atoms with E-state index in [1.54, 1.807) is 0 Å². The van der Waals surface area contributed by atoms with Gasteiger partial charge in [-0.2, -0.15) is 8.78 Å². The molecule has 1 aliphatic heterocycles. The van der Waals surface area contributed by atoms with Gasteiger partial charge in [0.2, 0.25) is 0 Å². The van der Waals surface area contributed by atoms with Crippen LogP contribution in [-0.2, 0) is 10.7 Å². The first-order valence-corrected chi connectivity index (χ1v) is 3.47. The number of amides is 1. The summed E-state index contributed by atoms with van der Waals surface area (Å²) in [5.74, 6) is -5.00. The molecule has 0 aliphatic carbocycles. The van der Waals surface area contributed by atoms with Crippen LogP contribution in [0.25, 0.3) is 0 Å². The second kappa shape index (κ2) is 2.15. The standard InChI is InChI=1S/C7H5F2N3O/c8-7(9)4-1-3(10)2-11-5(4)12-6(7)13/h1-2H,10H2,(H,11,12,13). The van der Waals surface area contributed by atoms with Crippen LogP contribution < -0.4 is 11.1 Å². The third-order valence-electron chi connectivity index (χ3n) is 1.76. The Morgan fingerprint density at radius 3 is 2.92 bits per heavy atom. The lowest BCUT2D eigenvalue weighted by atomic mass is 10.1. The van der Waals surface area contributed by atoms with Crippen LogP contribution in [0.5, 0.6) is 0 Å². The van der Waals surface area contributed by atoms with Crippen molar-refractivity contribution in [2.45, 2.75) is 5.92 Å². The Morgan fingerprint density at radius 2 is 2.23 bits per heavy atom. The first-order chi connectivity index (χ1) is 6.01. The van der Waals surface area contributed by atoms with E-state index in [0.29, 0.717) is 0 Å². The van der Waals surface area contributed by atoms with Crippen LogP contribution in [0.2, 0.25) is 0 Å². The van der Waals surface area contributed by atoms with Crippen molar-refractivity contribution in [3.8, 4) is 0 Å². The quantitative estimate of drug-likeness (QED) is 0.625. The summed E-state index contributed by atoms with van der Waals surface area (Å²) < 4.78 is 26.0. The molecule has 1 amide bonds. The SMILES string of the molecule is Nc1cnc2c(c1)C(F)(F)C(=O)N2. The van der Waals surface area contributed by atoms with Crippen molar-refractivity contribution in [2.24, 2.45) is 0 Å². The summed E-state index contributed by atoms with van der Waals surface area (Å²) >= 11 is 0. The Balaban J connectivity index is 2.64. The number of carbonyl (C=O) groups is 1. The van der Waals surface area contributed by atoms with E-state index < -0.39 is 17.4 Å². The van der Waals surface area contributed by atoms with Crippen molar-refractivity contribution in [1.29, 1.82) is 0 Å². The summed E-state index contributed by atoms with van der Waals surface area (Å²) in [7, 11) is 0. The van der Waals surface area contributed by atoms with Crippen LogP contribution in [0.4, 0.5) is 20.3 Å². The molecule has 68 valence electrons. The molecule has 1 aromatic heterocycles. The Morgan fingerprint density at radius 1 is 1.54 bits per heavy atom. The third kappa shape index (κ3) is 0.947. The van der Waals surface area contributed by atoms with E-state index in [1.165, 1.54) is 6.20 Å². The fraction of sp³-hybridized carbons (Fsp3) is 0.143. The number of nitrogens with two attached hydrogens (primary N) is 1. The minimum absolute atomic E-state index is 0.106. The van der Waals surface area contributed by atoms with Gasteiger partial charge in [-0.1, -0.05) is 0 Å². The van der Waals surface area contributed by atoms with Crippen molar-refractivity contribution in [2.75, 3.05) is 11.1 Å². The molecule has 0 bridgehead atoms. The molecule has 0 saturated carbocycles. The van der Waals surface area contributed by atoms with Crippen LogP contribution >= 0.6 is 0 Å². The normalized spacial score (nSPS) is 18.2. The molecule has 0 radical (unpaired) electrons. The number of alkyl halides is 2. The zero-order valence-electron chi connectivity index (χ0n) is 6.34. The van der Waals surface area contributed by atoms with E-state index in [1.807, 2.05) is 5.32 Å². The molecular formula is C7H5F2N3O. The van der Waals surface area contributed by atoms with Crippen molar-refractivity contribution < 1.29 is 13.6 Å². The van der Waals surface area contributed by atoms with E-state index >= 15 is 0 Å². The van der Waals surface area contributed by atoms with Gasteiger partial charge in [0.05, 0.1) is 17.4 Å². The van der Waals surface area contributed by atoms with E-state index in [-0.39, 0.29) is 11.5 Å². The first-order valence-electron chi connectivity index (χ1n) is 3.47. The number of nitrogens with one attached hydrogen (secondary N) is 1. The van der Waals surface area contributed by atoms with Crippen molar-refractivity contribution >= 4 is 17.4 Å². The highest BCUT2D eigenvalue weighted by molar-refractivity contribution is 6.02. The summed E-state index contributed by atoms with van der Waals surface area (Å²) in [4.78, 5) is 14.3. The maximum absolute atomic E-state index is 13.0. The maximum atomic E-state index is 13.0. The van der Waals surface area contributed by atoms with Gasteiger partial charge in [-0.3, -0.25) is 4.79 Å². The Bertz CT molecular complexity index is 391. The number of hydrogen-bond donors (Lipinski definition) is 2. The number of nitrogens with zero attached hydrogens (tertiary/aromatic N) is 1. The molecule has 0 aromatic carbocycles. The van der Waals surface area contributed by atoms with E-state index in [0.717, 1.165) is 6.07 Å². The maximum Gasteiger partial charge on any atom is 0.353 e. The first kappa shape index (κ1) is 7.90. The highest BCUT2D eigenvalue weighted by atomic mass is 19.3. The van der Waals surface area contributed by atoms with Gasteiger partial charge in [-0.15, -0.1) is 0 Å². The molecule has 6 heteroatoms. The number of rotatable bonds is 0. The molecular weight excluding hydrogens is 180 g/mol. The summed E-state index contributed by atoms with van der Waals surface area (Å²) in [6.07, 6.45) is 1.21. The molecule has 2 heterocycles. The van der Waals surface area contributed by atoms with Crippen LogP contribution in [0.1, 0.15) is 5.56 Å². The zero-order valence-corrected chi connectivity index (χ0v) is 6.34. The molecule has 0 atom stereocenters. The Hall–Kier alpha value is -1.72. The van der Waals surface area contributed by atoms with Crippen LogP contribution in [0.15, 0.2) is 12.3 Å². The van der Waals surface area contributed by atoms with Gasteiger partial charge in [0.15, 0.2) is 0 Å². The molecule has 1 aliphatic rings. The van der Waals surface area contributed by atoms with E-state index in [2.05, 4.69) is 4.98 Å². The molecule has 0 unspecified atom stereocenters. The average molecular weight is 185 g/mol. The number of hydrogen-bond acceptors (Lipinski definition) is 3. The zero-order chi connectivity index (χ0) is 9.64. The number of halogens is 2. The summed E-state index contributed by atoms with van der Waals surface area (Å²) in [5, 5.41) is 1.96. The van der Waals surface area contributed by atoms with Gasteiger partial charge in [-0.05, 0) is 6.07 Å². The largest absolute Gasteiger partial charge is 0.397 e. The highest BCUT2D eigenvalue weighted by Gasteiger charge is 2.49. The van der Waals surface area contributed by atoms with E-state index in [9.17, 15) is 13.6 Å². The van der Waals surface area contributed by atoms with Crippen molar-refractivity contribution in [1.82, 2.24) is 4.98 Å². The number of fused-ring (bicyclic) bond motifs is 1. The van der Waals surface area contributed by atoms with Crippen molar-refractivity contribution in [3.05, 3.63) is 17.8 Å². The second-order valence-corrected chi connectivity index (χ2v) is 2.69. The van der Waals surface area contributed by atoms with Gasteiger partial charge in [-0.25, -0.2) is 4.98 Å². The van der Waals surface area contributed by atoms with Gasteiger partial charge in [0.1, 0.15) is 5.82 Å². The predicted octanol–water partition coefficient (Wildman–Crippen LogP) is 0.708. The summed E-state index contributed by atoms with van der Waals surface area (Å²) in [6, 6.07) is 1.04. The minimum Gasteiger partial charge on any atom is -0.397 e. The summed E-state index contributed by atoms with van der Waals surface area (Å²) in [5.41, 5.74) is 4.91. The number of carbonyl (C=O) groups excluding carboxylic acids is 1. The average Bonchev–Trinajstić information content (AvgIpc) is 2.27. The van der Waals surface area contributed by atoms with Crippen LogP contribution in [-0.4, -0.2) is 10.9 Å². The monoisotopic (exact) mass is 185 g/mol. The van der Waals surface area contributed by atoms with E-state index in [4.69, 9.17) is 5.73 Å². The smallest absolute Gasteiger partial charge is 0.353 e. The fourth-order valence-electron chi connectivity index (χ4n) is 1.13. The topological polar surface area (TPSA) is 68.0 Å². The highest BCUT2D eigenvalue weighted by Crippen LogP contribution is 2.39. The molecule has 3 N–H and O–H groups in total. The number of nitrogen functional groups attached to an aromatic ring is 1. The van der Waals surface area contributed by atoms with Gasteiger partial charge in [0.25, 0.3) is 0 Å². The minimum atomic E-state index is -3.52. The molecule has 2 rings (SSSR count). The number of aromatic nitrogens is 1. The Labute approximate surface area is 71.8 Å². The molecule has 13 heavy (non-hydrogen) atoms. The molecule has 0 fully saturated rings. The molecule has 0 spiro atoms. The lowest BCUT2D eigenvalue weighted by Crippen LogP contribution is -2.23. The summed E-state index contributed by atoms with van der Waals surface area (Å²) in [6.45, 7) is 0. The lowest BCUT2D eigenvalue weighted by molar-refractivity contribution is -0.139. The molecule has 4 nitrogen and oxygen atoms in total. The number of anilines is 2. The molecule has 1 aromatic rings. The fourth-order valence-corrected chi connectivity index (χ4v) is 1.13. The number of pyridine rings is 1. The molecule has 0 saturated heterocycles. The second-order valence-electron chi connectivity index (χ2n) is 2.69.